The lowest BCUT2D eigenvalue weighted by atomic mass is 9.86. The van der Waals surface area contributed by atoms with Crippen molar-refractivity contribution in [2.75, 3.05) is 0 Å². The summed E-state index contributed by atoms with van der Waals surface area (Å²) in [4.78, 5) is 11.0. The minimum Gasteiger partial charge on any atom is -0.299 e. The number of carbonyl (C=O) groups excluding carboxylic acids is 1. The lowest BCUT2D eigenvalue weighted by Crippen LogP contribution is -2.17. The van der Waals surface area contributed by atoms with Gasteiger partial charge in [0.25, 0.3) is 0 Å². The average molecular weight is 280 g/mol. The van der Waals surface area contributed by atoms with E-state index in [-0.39, 0.29) is 3.92 Å². The van der Waals surface area contributed by atoms with E-state index >= 15 is 0 Å². The SMILES string of the molecule is CC(=O)C(I)CC1CCCCC1. The van der Waals surface area contributed by atoms with Crippen LogP contribution in [0.25, 0.3) is 0 Å². The van der Waals surface area contributed by atoms with Gasteiger partial charge in [-0.3, -0.25) is 4.79 Å². The van der Waals surface area contributed by atoms with Crippen LogP contribution in [-0.4, -0.2) is 9.71 Å². The van der Waals surface area contributed by atoms with Gasteiger partial charge < -0.3 is 0 Å². The normalized spacial score (nSPS) is 22.2. The standard InChI is InChI=1S/C10H17IO/c1-8(12)10(11)7-9-5-3-2-4-6-9/h9-10H,2-7H2,1H3. The molecule has 1 rings (SSSR count). The van der Waals surface area contributed by atoms with E-state index in [1.165, 1.54) is 32.1 Å². The molecule has 12 heavy (non-hydrogen) atoms. The summed E-state index contributed by atoms with van der Waals surface area (Å²) in [5.74, 6) is 1.19. The number of ketones is 1. The van der Waals surface area contributed by atoms with E-state index in [4.69, 9.17) is 0 Å². The summed E-state index contributed by atoms with van der Waals surface area (Å²) >= 11 is 2.28. The number of hydrogen-bond acceptors (Lipinski definition) is 1. The van der Waals surface area contributed by atoms with Gasteiger partial charge in [-0.05, 0) is 19.3 Å². The maximum Gasteiger partial charge on any atom is 0.142 e. The van der Waals surface area contributed by atoms with Gasteiger partial charge in [-0.15, -0.1) is 0 Å². The van der Waals surface area contributed by atoms with Crippen molar-refractivity contribution in [3.05, 3.63) is 0 Å². The fraction of sp³-hybridized carbons (Fsp3) is 0.900. The fourth-order valence-electron chi connectivity index (χ4n) is 1.88. The number of carbonyl (C=O) groups is 1. The highest BCUT2D eigenvalue weighted by Gasteiger charge is 2.19. The lowest BCUT2D eigenvalue weighted by molar-refractivity contribution is -0.116. The van der Waals surface area contributed by atoms with Crippen LogP contribution in [0.1, 0.15) is 45.4 Å². The third kappa shape index (κ3) is 3.42. The van der Waals surface area contributed by atoms with E-state index < -0.39 is 0 Å². The summed E-state index contributed by atoms with van der Waals surface area (Å²) < 4.78 is 0.269. The topological polar surface area (TPSA) is 17.1 Å². The Morgan fingerprint density at radius 3 is 2.50 bits per heavy atom. The Bertz CT molecular complexity index is 150. The lowest BCUT2D eigenvalue weighted by Gasteiger charge is -2.22. The molecule has 0 aliphatic heterocycles. The Labute approximate surface area is 88.4 Å². The average Bonchev–Trinajstić information content (AvgIpc) is 2.06. The molecule has 0 aromatic rings. The van der Waals surface area contributed by atoms with E-state index in [0.29, 0.717) is 5.78 Å². The van der Waals surface area contributed by atoms with Crippen molar-refractivity contribution >= 4 is 28.4 Å². The van der Waals surface area contributed by atoms with Gasteiger partial charge >= 0.3 is 0 Å². The quantitative estimate of drug-likeness (QED) is 0.572. The third-order valence-corrected chi connectivity index (χ3v) is 4.09. The smallest absolute Gasteiger partial charge is 0.142 e. The predicted molar refractivity (Wildman–Crippen MR) is 59.7 cm³/mol. The first-order chi connectivity index (χ1) is 5.70. The molecule has 0 N–H and O–H groups in total. The van der Waals surface area contributed by atoms with Crippen molar-refractivity contribution in [3.8, 4) is 0 Å². The molecule has 0 spiro atoms. The van der Waals surface area contributed by atoms with Crippen LogP contribution in [0.3, 0.4) is 0 Å². The van der Waals surface area contributed by atoms with E-state index in [1.807, 2.05) is 0 Å². The largest absolute Gasteiger partial charge is 0.299 e. The number of alkyl halides is 1. The summed E-state index contributed by atoms with van der Waals surface area (Å²) in [7, 11) is 0. The molecule has 0 bridgehead atoms. The van der Waals surface area contributed by atoms with Crippen LogP contribution in [0.2, 0.25) is 0 Å². The maximum atomic E-state index is 11.0. The second-order valence-electron chi connectivity index (χ2n) is 3.82. The summed E-state index contributed by atoms with van der Waals surface area (Å²) in [6.07, 6.45) is 8.00. The molecule has 1 saturated carbocycles. The van der Waals surface area contributed by atoms with Crippen molar-refractivity contribution in [1.29, 1.82) is 0 Å². The summed E-state index contributed by atoms with van der Waals surface area (Å²) in [5.41, 5.74) is 0. The van der Waals surface area contributed by atoms with Gasteiger partial charge in [0.2, 0.25) is 0 Å². The highest BCUT2D eigenvalue weighted by atomic mass is 127. The van der Waals surface area contributed by atoms with Gasteiger partial charge in [0.05, 0.1) is 3.92 Å². The summed E-state index contributed by atoms with van der Waals surface area (Å²) in [5, 5.41) is 0. The van der Waals surface area contributed by atoms with Gasteiger partial charge in [0.1, 0.15) is 5.78 Å². The highest BCUT2D eigenvalue weighted by molar-refractivity contribution is 14.1. The maximum absolute atomic E-state index is 11.0. The minimum atomic E-state index is 0.269. The van der Waals surface area contributed by atoms with E-state index in [1.54, 1.807) is 6.92 Å². The van der Waals surface area contributed by atoms with Gasteiger partial charge in [0, 0.05) is 0 Å². The van der Waals surface area contributed by atoms with Crippen LogP contribution in [0, 0.1) is 5.92 Å². The Kier molecular flexibility index (Phi) is 4.54. The van der Waals surface area contributed by atoms with Gasteiger partial charge in [-0.25, -0.2) is 0 Å². The first-order valence-electron chi connectivity index (χ1n) is 4.84. The van der Waals surface area contributed by atoms with E-state index in [9.17, 15) is 4.79 Å². The third-order valence-electron chi connectivity index (χ3n) is 2.71. The van der Waals surface area contributed by atoms with Crippen LogP contribution in [0.15, 0.2) is 0 Å². The molecule has 0 amide bonds. The molecule has 70 valence electrons. The molecule has 0 saturated heterocycles. The van der Waals surface area contributed by atoms with E-state index in [2.05, 4.69) is 22.6 Å². The Balaban J connectivity index is 2.24. The highest BCUT2D eigenvalue weighted by Crippen LogP contribution is 2.29. The minimum absolute atomic E-state index is 0.269. The van der Waals surface area contributed by atoms with Crippen molar-refractivity contribution < 1.29 is 4.79 Å². The van der Waals surface area contributed by atoms with Crippen molar-refractivity contribution in [1.82, 2.24) is 0 Å². The molecule has 2 heteroatoms. The second kappa shape index (κ2) is 5.20. The van der Waals surface area contributed by atoms with Gasteiger partial charge in [-0.1, -0.05) is 54.7 Å². The number of hydrogen-bond donors (Lipinski definition) is 0. The molecule has 1 aliphatic rings. The fourth-order valence-corrected chi connectivity index (χ4v) is 2.60. The van der Waals surface area contributed by atoms with Crippen molar-refractivity contribution in [2.45, 2.75) is 49.4 Å². The number of Topliss-reactive ketones (excluding diaryl/α,β-unsaturated/α-hetero) is 1. The summed E-state index contributed by atoms with van der Waals surface area (Å²) in [6.45, 7) is 1.71. The molecular formula is C10H17IO. The van der Waals surface area contributed by atoms with Crippen LogP contribution >= 0.6 is 22.6 Å². The van der Waals surface area contributed by atoms with Crippen LogP contribution < -0.4 is 0 Å². The molecule has 1 atom stereocenters. The zero-order chi connectivity index (χ0) is 8.97. The van der Waals surface area contributed by atoms with Crippen LogP contribution in [-0.2, 0) is 4.79 Å². The van der Waals surface area contributed by atoms with Gasteiger partial charge in [0.15, 0.2) is 0 Å². The molecular weight excluding hydrogens is 263 g/mol. The number of halogens is 1. The Morgan fingerprint density at radius 2 is 2.00 bits per heavy atom. The van der Waals surface area contributed by atoms with Crippen LogP contribution in [0.5, 0.6) is 0 Å². The number of rotatable bonds is 3. The first kappa shape index (κ1) is 10.5. The monoisotopic (exact) mass is 280 g/mol. The molecule has 0 aromatic heterocycles. The molecule has 1 unspecified atom stereocenters. The van der Waals surface area contributed by atoms with Gasteiger partial charge in [-0.2, -0.15) is 0 Å². The second-order valence-corrected chi connectivity index (χ2v) is 5.32. The van der Waals surface area contributed by atoms with E-state index in [0.717, 1.165) is 12.3 Å². The molecule has 1 nitrogen and oxygen atoms in total. The van der Waals surface area contributed by atoms with Crippen molar-refractivity contribution in [2.24, 2.45) is 5.92 Å². The zero-order valence-electron chi connectivity index (χ0n) is 7.68. The van der Waals surface area contributed by atoms with Crippen LogP contribution in [0.4, 0.5) is 0 Å². The molecule has 0 heterocycles. The molecule has 0 radical (unpaired) electrons. The van der Waals surface area contributed by atoms with Crippen molar-refractivity contribution in [3.63, 3.8) is 0 Å². The molecule has 1 aliphatic carbocycles. The Morgan fingerprint density at radius 1 is 1.42 bits per heavy atom. The molecule has 1 fully saturated rings. The molecule has 0 aromatic carbocycles. The predicted octanol–water partition coefficient (Wildman–Crippen LogP) is 3.35. The Hall–Kier alpha value is 0.400. The zero-order valence-corrected chi connectivity index (χ0v) is 9.84. The first-order valence-corrected chi connectivity index (χ1v) is 6.09. The summed E-state index contributed by atoms with van der Waals surface area (Å²) in [6, 6.07) is 0.